The third-order valence-corrected chi connectivity index (χ3v) is 3.27. The van der Waals surface area contributed by atoms with E-state index in [0.29, 0.717) is 11.3 Å². The maximum atomic E-state index is 11.4. The molecule has 0 saturated carbocycles. The molecule has 0 atom stereocenters. The first-order valence-electron chi connectivity index (χ1n) is 5.57. The number of rotatable bonds is 4. The highest BCUT2D eigenvalue weighted by molar-refractivity contribution is 8.00. The Labute approximate surface area is 119 Å². The molecule has 108 valence electrons. The minimum Gasteiger partial charge on any atom is -0.478 e. The van der Waals surface area contributed by atoms with Crippen LogP contribution in [0.1, 0.15) is 21.6 Å². The summed E-state index contributed by atoms with van der Waals surface area (Å²) < 4.78 is 4.28. The zero-order valence-corrected chi connectivity index (χ0v) is 12.0. The average molecular weight is 298 g/mol. The van der Waals surface area contributed by atoms with E-state index in [1.54, 1.807) is 19.9 Å². The molecule has 1 heterocycles. The zero-order valence-electron chi connectivity index (χ0n) is 11.2. The van der Waals surface area contributed by atoms with E-state index in [0.717, 1.165) is 18.9 Å². The summed E-state index contributed by atoms with van der Waals surface area (Å²) in [5, 5.41) is 11.4. The van der Waals surface area contributed by atoms with Crippen LogP contribution in [0.15, 0.2) is 11.1 Å². The number of nitrogens with one attached hydrogen (secondary N) is 1. The molecule has 0 radical (unpaired) electrons. The summed E-state index contributed by atoms with van der Waals surface area (Å²) in [6.45, 7) is 3.40. The van der Waals surface area contributed by atoms with Crippen LogP contribution in [0.4, 0.5) is 4.79 Å². The van der Waals surface area contributed by atoms with Gasteiger partial charge >= 0.3 is 12.1 Å². The number of hydrogen-bond acceptors (Lipinski definition) is 6. The number of nitrogens with zero attached hydrogens (tertiary/aromatic N) is 1. The SMILES string of the molecule is COC(=O)NC(=O)CSc1nc(C)cc(C)c1C(=O)O. The van der Waals surface area contributed by atoms with Gasteiger partial charge in [-0.1, -0.05) is 11.8 Å². The molecule has 1 aromatic rings. The first-order valence-corrected chi connectivity index (χ1v) is 6.55. The van der Waals surface area contributed by atoms with Gasteiger partial charge in [-0.25, -0.2) is 14.6 Å². The minimum absolute atomic E-state index is 0.0615. The number of thioether (sulfide) groups is 1. The monoisotopic (exact) mass is 298 g/mol. The van der Waals surface area contributed by atoms with Crippen molar-refractivity contribution < 1.29 is 24.2 Å². The lowest BCUT2D eigenvalue weighted by atomic mass is 10.1. The van der Waals surface area contributed by atoms with Gasteiger partial charge in [0.2, 0.25) is 5.91 Å². The van der Waals surface area contributed by atoms with Crippen molar-refractivity contribution in [3.05, 3.63) is 22.9 Å². The molecule has 0 bridgehead atoms. The summed E-state index contributed by atoms with van der Waals surface area (Å²) in [5.41, 5.74) is 1.29. The number of carbonyl (C=O) groups is 3. The van der Waals surface area contributed by atoms with Gasteiger partial charge in [0.05, 0.1) is 18.4 Å². The summed E-state index contributed by atoms with van der Waals surface area (Å²) in [6.07, 6.45) is -0.859. The fraction of sp³-hybridized carbons (Fsp3) is 0.333. The molecule has 0 aliphatic carbocycles. The number of aromatic nitrogens is 1. The van der Waals surface area contributed by atoms with Crippen LogP contribution in [-0.4, -0.2) is 40.9 Å². The van der Waals surface area contributed by atoms with Gasteiger partial charge in [0.1, 0.15) is 5.03 Å². The van der Waals surface area contributed by atoms with Crippen LogP contribution in [0.25, 0.3) is 0 Å². The van der Waals surface area contributed by atoms with E-state index in [4.69, 9.17) is 5.11 Å². The number of alkyl carbamates (subject to hydrolysis) is 1. The van der Waals surface area contributed by atoms with Gasteiger partial charge in [0.25, 0.3) is 0 Å². The average Bonchev–Trinajstić information content (AvgIpc) is 2.34. The van der Waals surface area contributed by atoms with Crippen LogP contribution in [0.2, 0.25) is 0 Å². The molecular weight excluding hydrogens is 284 g/mol. The van der Waals surface area contributed by atoms with E-state index < -0.39 is 18.0 Å². The van der Waals surface area contributed by atoms with E-state index in [-0.39, 0.29) is 16.3 Å². The summed E-state index contributed by atoms with van der Waals surface area (Å²) >= 11 is 0.953. The van der Waals surface area contributed by atoms with Crippen molar-refractivity contribution in [3.63, 3.8) is 0 Å². The number of aryl methyl sites for hydroxylation is 2. The van der Waals surface area contributed by atoms with Gasteiger partial charge in [-0.2, -0.15) is 0 Å². The van der Waals surface area contributed by atoms with E-state index in [1.807, 2.05) is 5.32 Å². The summed E-state index contributed by atoms with van der Waals surface area (Å²) in [6, 6.07) is 1.65. The molecule has 2 amide bonds. The second-order valence-electron chi connectivity index (χ2n) is 3.89. The van der Waals surface area contributed by atoms with Crippen LogP contribution in [0, 0.1) is 13.8 Å². The molecule has 0 fully saturated rings. The molecule has 0 aromatic carbocycles. The lowest BCUT2D eigenvalue weighted by molar-refractivity contribution is -0.117. The predicted octanol–water partition coefficient (Wildman–Crippen LogP) is 1.37. The van der Waals surface area contributed by atoms with Crippen LogP contribution in [-0.2, 0) is 9.53 Å². The van der Waals surface area contributed by atoms with E-state index in [1.165, 1.54) is 0 Å². The Bertz CT molecular complexity index is 559. The number of carboxylic acid groups (broad SMARTS) is 1. The highest BCUT2D eigenvalue weighted by Gasteiger charge is 2.17. The minimum atomic E-state index is -1.11. The predicted molar refractivity (Wildman–Crippen MR) is 71.9 cm³/mol. The largest absolute Gasteiger partial charge is 0.478 e. The quantitative estimate of drug-likeness (QED) is 0.809. The lowest BCUT2D eigenvalue weighted by Crippen LogP contribution is -2.31. The Balaban J connectivity index is 2.85. The topological polar surface area (TPSA) is 106 Å². The molecule has 0 saturated heterocycles. The van der Waals surface area contributed by atoms with Gasteiger partial charge < -0.3 is 9.84 Å². The molecule has 0 aliphatic rings. The summed E-state index contributed by atoms with van der Waals surface area (Å²) in [5.74, 6) is -1.82. The van der Waals surface area contributed by atoms with Gasteiger partial charge in [-0.15, -0.1) is 0 Å². The van der Waals surface area contributed by atoms with Crippen molar-refractivity contribution in [2.45, 2.75) is 18.9 Å². The molecule has 2 N–H and O–H groups in total. The van der Waals surface area contributed by atoms with Crippen molar-refractivity contribution in [1.29, 1.82) is 0 Å². The molecule has 8 heteroatoms. The van der Waals surface area contributed by atoms with Crippen LogP contribution >= 0.6 is 11.8 Å². The van der Waals surface area contributed by atoms with E-state index >= 15 is 0 Å². The molecule has 0 spiro atoms. The maximum Gasteiger partial charge on any atom is 0.413 e. The molecule has 7 nitrogen and oxygen atoms in total. The number of carboxylic acids is 1. The third-order valence-electron chi connectivity index (χ3n) is 2.29. The first-order chi connectivity index (χ1) is 9.35. The number of amides is 2. The Morgan fingerprint density at radius 3 is 2.60 bits per heavy atom. The number of aromatic carboxylic acids is 1. The van der Waals surface area contributed by atoms with Crippen LogP contribution in [0.3, 0.4) is 0 Å². The number of carbonyl (C=O) groups excluding carboxylic acids is 2. The normalized spacial score (nSPS) is 9.95. The molecule has 0 aliphatic heterocycles. The highest BCUT2D eigenvalue weighted by atomic mass is 32.2. The number of methoxy groups -OCH3 is 1. The number of hydrogen-bond donors (Lipinski definition) is 2. The zero-order chi connectivity index (χ0) is 15.3. The fourth-order valence-electron chi connectivity index (χ4n) is 1.50. The van der Waals surface area contributed by atoms with Gasteiger partial charge in [-0.3, -0.25) is 10.1 Å². The molecule has 0 unspecified atom stereocenters. The number of imide groups is 1. The van der Waals surface area contributed by atoms with E-state index in [9.17, 15) is 14.4 Å². The Morgan fingerprint density at radius 2 is 2.05 bits per heavy atom. The standard InChI is InChI=1S/C12H14N2O5S/c1-6-4-7(2)13-10(9(6)11(16)17)20-5-8(15)14-12(18)19-3/h4H,5H2,1-3H3,(H,16,17)(H,14,15,18). The van der Waals surface area contributed by atoms with Gasteiger partial charge in [0, 0.05) is 5.69 Å². The highest BCUT2D eigenvalue weighted by Crippen LogP contribution is 2.24. The molecule has 1 aromatic heterocycles. The summed E-state index contributed by atoms with van der Waals surface area (Å²) in [7, 11) is 1.14. The summed E-state index contributed by atoms with van der Waals surface area (Å²) in [4.78, 5) is 37.6. The van der Waals surface area contributed by atoms with E-state index in [2.05, 4.69) is 9.72 Å². The lowest BCUT2D eigenvalue weighted by Gasteiger charge is -2.09. The van der Waals surface area contributed by atoms with Crippen molar-refractivity contribution in [2.75, 3.05) is 12.9 Å². The Hall–Kier alpha value is -2.09. The molecular formula is C12H14N2O5S. The Kier molecular flexibility index (Phi) is 5.51. The Morgan fingerprint density at radius 1 is 1.40 bits per heavy atom. The second-order valence-corrected chi connectivity index (χ2v) is 4.86. The smallest absolute Gasteiger partial charge is 0.413 e. The van der Waals surface area contributed by atoms with Crippen molar-refractivity contribution in [1.82, 2.24) is 10.3 Å². The molecule has 20 heavy (non-hydrogen) atoms. The third kappa shape index (κ3) is 4.23. The fourth-order valence-corrected chi connectivity index (χ4v) is 2.44. The van der Waals surface area contributed by atoms with Gasteiger partial charge in [-0.05, 0) is 25.5 Å². The van der Waals surface area contributed by atoms with Crippen LogP contribution < -0.4 is 5.32 Å². The van der Waals surface area contributed by atoms with Crippen LogP contribution in [0.5, 0.6) is 0 Å². The second kappa shape index (κ2) is 6.90. The number of pyridine rings is 1. The van der Waals surface area contributed by atoms with Crippen molar-refractivity contribution in [3.8, 4) is 0 Å². The van der Waals surface area contributed by atoms with Crippen molar-refractivity contribution in [2.24, 2.45) is 0 Å². The van der Waals surface area contributed by atoms with Gasteiger partial charge in [0.15, 0.2) is 0 Å². The first kappa shape index (κ1) is 16.0. The maximum absolute atomic E-state index is 11.4. The van der Waals surface area contributed by atoms with Crippen molar-refractivity contribution >= 4 is 29.7 Å². The number of ether oxygens (including phenoxy) is 1. The molecule has 1 rings (SSSR count).